The Labute approximate surface area is 101 Å². The fourth-order valence-corrected chi connectivity index (χ4v) is 1.78. The van der Waals surface area contributed by atoms with Crippen molar-refractivity contribution in [3.05, 3.63) is 54.1 Å². The molecule has 0 aliphatic carbocycles. The number of rotatable bonds is 4. The Morgan fingerprint density at radius 3 is 2.65 bits per heavy atom. The summed E-state index contributed by atoms with van der Waals surface area (Å²) in [4.78, 5) is 8.29. The Kier molecular flexibility index (Phi) is 3.67. The fraction of sp³-hybridized carbons (Fsp3) is 0.231. The van der Waals surface area contributed by atoms with Crippen LogP contribution >= 0.6 is 0 Å². The highest BCUT2D eigenvalue weighted by Crippen LogP contribution is 2.22. The highest BCUT2D eigenvalue weighted by Gasteiger charge is 2.12. The van der Waals surface area contributed by atoms with E-state index in [0.717, 1.165) is 16.9 Å². The van der Waals surface area contributed by atoms with Crippen LogP contribution in [-0.2, 0) is 0 Å². The molecule has 2 aromatic heterocycles. The van der Waals surface area contributed by atoms with Crippen LogP contribution in [-0.4, -0.2) is 24.1 Å². The number of hydrogen-bond donors (Lipinski definition) is 1. The van der Waals surface area contributed by atoms with Gasteiger partial charge in [0.05, 0.1) is 19.3 Å². The molecule has 4 heteroatoms. The first kappa shape index (κ1) is 11.5. The van der Waals surface area contributed by atoms with Crippen molar-refractivity contribution in [2.75, 3.05) is 14.2 Å². The molecule has 0 saturated heterocycles. The van der Waals surface area contributed by atoms with Crippen molar-refractivity contribution >= 4 is 0 Å². The van der Waals surface area contributed by atoms with Gasteiger partial charge in [0.1, 0.15) is 5.75 Å². The summed E-state index contributed by atoms with van der Waals surface area (Å²) < 4.78 is 5.18. The van der Waals surface area contributed by atoms with Crippen LogP contribution < -0.4 is 10.1 Å². The topological polar surface area (TPSA) is 47.0 Å². The van der Waals surface area contributed by atoms with Gasteiger partial charge in [0.25, 0.3) is 0 Å². The van der Waals surface area contributed by atoms with Crippen LogP contribution in [0.1, 0.15) is 17.2 Å². The Balaban J connectivity index is 2.35. The summed E-state index contributed by atoms with van der Waals surface area (Å²) >= 11 is 0. The van der Waals surface area contributed by atoms with Gasteiger partial charge in [0.15, 0.2) is 0 Å². The third kappa shape index (κ3) is 2.60. The number of nitrogens with one attached hydrogen (secondary N) is 1. The zero-order valence-electron chi connectivity index (χ0n) is 9.92. The van der Waals surface area contributed by atoms with Crippen LogP contribution in [0.4, 0.5) is 0 Å². The second-order valence-corrected chi connectivity index (χ2v) is 3.67. The van der Waals surface area contributed by atoms with Crippen LogP contribution in [0.5, 0.6) is 5.75 Å². The number of nitrogens with zero attached hydrogens (tertiary/aromatic N) is 2. The van der Waals surface area contributed by atoms with Gasteiger partial charge in [-0.2, -0.15) is 0 Å². The van der Waals surface area contributed by atoms with Gasteiger partial charge in [-0.15, -0.1) is 0 Å². The highest BCUT2D eigenvalue weighted by atomic mass is 16.5. The fourth-order valence-electron chi connectivity index (χ4n) is 1.78. The minimum Gasteiger partial charge on any atom is -0.495 e. The lowest BCUT2D eigenvalue weighted by atomic mass is 10.0. The molecule has 1 N–H and O–H groups in total. The largest absolute Gasteiger partial charge is 0.495 e. The lowest BCUT2D eigenvalue weighted by Crippen LogP contribution is -2.18. The van der Waals surface area contributed by atoms with E-state index in [4.69, 9.17) is 4.74 Å². The summed E-state index contributed by atoms with van der Waals surface area (Å²) in [6, 6.07) is 6.01. The van der Waals surface area contributed by atoms with Crippen LogP contribution in [0.15, 0.2) is 43.0 Å². The van der Waals surface area contributed by atoms with Crippen LogP contribution in [0.3, 0.4) is 0 Å². The lowest BCUT2D eigenvalue weighted by Gasteiger charge is -2.16. The average Bonchev–Trinajstić information content (AvgIpc) is 2.41. The molecule has 4 nitrogen and oxygen atoms in total. The predicted octanol–water partition coefficient (Wildman–Crippen LogP) is 1.79. The zero-order chi connectivity index (χ0) is 12.1. The Morgan fingerprint density at radius 1 is 1.18 bits per heavy atom. The maximum Gasteiger partial charge on any atom is 0.137 e. The standard InChI is InChI=1S/C13H15N3O/c1-14-13(10-4-3-5-15-7-10)11-6-12(17-2)9-16-8-11/h3-9,13-14H,1-2H3. The summed E-state index contributed by atoms with van der Waals surface area (Å²) in [7, 11) is 3.55. The maximum absolute atomic E-state index is 5.18. The van der Waals surface area contributed by atoms with Gasteiger partial charge in [0.2, 0.25) is 0 Å². The van der Waals surface area contributed by atoms with E-state index >= 15 is 0 Å². The molecule has 0 aliphatic rings. The van der Waals surface area contributed by atoms with Crippen molar-refractivity contribution in [2.24, 2.45) is 0 Å². The van der Waals surface area contributed by atoms with Crippen molar-refractivity contribution in [2.45, 2.75) is 6.04 Å². The van der Waals surface area contributed by atoms with E-state index in [-0.39, 0.29) is 6.04 Å². The van der Waals surface area contributed by atoms with E-state index in [9.17, 15) is 0 Å². The minimum atomic E-state index is 0.0753. The Hall–Kier alpha value is -1.94. The molecule has 0 saturated carbocycles. The summed E-state index contributed by atoms with van der Waals surface area (Å²) in [5, 5.41) is 3.25. The molecule has 0 amide bonds. The Morgan fingerprint density at radius 2 is 2.00 bits per heavy atom. The van der Waals surface area contributed by atoms with Crippen molar-refractivity contribution in [3.8, 4) is 5.75 Å². The molecule has 1 atom stereocenters. The normalized spacial score (nSPS) is 12.1. The molecule has 0 fully saturated rings. The molecular weight excluding hydrogens is 214 g/mol. The summed E-state index contributed by atoms with van der Waals surface area (Å²) in [5.41, 5.74) is 2.16. The van der Waals surface area contributed by atoms with Gasteiger partial charge in [-0.3, -0.25) is 9.97 Å². The monoisotopic (exact) mass is 229 g/mol. The van der Waals surface area contributed by atoms with Gasteiger partial charge in [-0.05, 0) is 30.3 Å². The smallest absolute Gasteiger partial charge is 0.137 e. The van der Waals surface area contributed by atoms with Crippen LogP contribution in [0.2, 0.25) is 0 Å². The molecule has 0 radical (unpaired) electrons. The minimum absolute atomic E-state index is 0.0753. The third-order valence-electron chi connectivity index (χ3n) is 2.61. The molecule has 0 aliphatic heterocycles. The highest BCUT2D eigenvalue weighted by molar-refractivity contribution is 5.32. The number of ether oxygens (including phenoxy) is 1. The molecule has 0 bridgehead atoms. The first-order valence-electron chi connectivity index (χ1n) is 5.41. The molecular formula is C13H15N3O. The molecule has 17 heavy (non-hydrogen) atoms. The number of pyridine rings is 2. The van der Waals surface area contributed by atoms with Crippen LogP contribution in [0, 0.1) is 0 Å². The van der Waals surface area contributed by atoms with Gasteiger partial charge >= 0.3 is 0 Å². The van der Waals surface area contributed by atoms with E-state index in [1.165, 1.54) is 0 Å². The molecule has 2 rings (SSSR count). The summed E-state index contributed by atoms with van der Waals surface area (Å²) in [6.45, 7) is 0. The first-order valence-corrected chi connectivity index (χ1v) is 5.41. The average molecular weight is 229 g/mol. The Bertz CT molecular complexity index is 473. The molecule has 0 aromatic carbocycles. The molecule has 88 valence electrons. The van der Waals surface area contributed by atoms with Crippen molar-refractivity contribution in [1.29, 1.82) is 0 Å². The van der Waals surface area contributed by atoms with E-state index < -0.39 is 0 Å². The van der Waals surface area contributed by atoms with E-state index in [0.29, 0.717) is 0 Å². The SMILES string of the molecule is CNC(c1cccnc1)c1cncc(OC)c1. The van der Waals surface area contributed by atoms with E-state index in [2.05, 4.69) is 15.3 Å². The van der Waals surface area contributed by atoms with Gasteiger partial charge < -0.3 is 10.1 Å². The quantitative estimate of drug-likeness (QED) is 0.868. The second-order valence-electron chi connectivity index (χ2n) is 3.67. The molecule has 0 spiro atoms. The van der Waals surface area contributed by atoms with E-state index in [1.54, 1.807) is 19.5 Å². The second kappa shape index (κ2) is 5.41. The van der Waals surface area contributed by atoms with Crippen molar-refractivity contribution in [3.63, 3.8) is 0 Å². The molecule has 2 heterocycles. The summed E-state index contributed by atoms with van der Waals surface area (Å²) in [6.07, 6.45) is 7.14. The van der Waals surface area contributed by atoms with E-state index in [1.807, 2.05) is 37.6 Å². The van der Waals surface area contributed by atoms with Crippen molar-refractivity contribution < 1.29 is 4.74 Å². The predicted molar refractivity (Wildman–Crippen MR) is 65.9 cm³/mol. The summed E-state index contributed by atoms with van der Waals surface area (Å²) in [5.74, 6) is 0.756. The third-order valence-corrected chi connectivity index (χ3v) is 2.61. The molecule has 1 unspecified atom stereocenters. The van der Waals surface area contributed by atoms with Gasteiger partial charge in [0, 0.05) is 18.6 Å². The zero-order valence-corrected chi connectivity index (χ0v) is 9.92. The molecule has 2 aromatic rings. The van der Waals surface area contributed by atoms with Gasteiger partial charge in [-0.1, -0.05) is 6.07 Å². The van der Waals surface area contributed by atoms with Crippen LogP contribution in [0.25, 0.3) is 0 Å². The van der Waals surface area contributed by atoms with Crippen molar-refractivity contribution in [1.82, 2.24) is 15.3 Å². The lowest BCUT2D eigenvalue weighted by molar-refractivity contribution is 0.411. The maximum atomic E-state index is 5.18. The number of hydrogen-bond acceptors (Lipinski definition) is 4. The number of aromatic nitrogens is 2. The van der Waals surface area contributed by atoms with Gasteiger partial charge in [-0.25, -0.2) is 0 Å². The first-order chi connectivity index (χ1) is 8.35. The number of methoxy groups -OCH3 is 1.